The second-order valence-electron chi connectivity index (χ2n) is 23.4. The van der Waals surface area contributed by atoms with E-state index in [-0.39, 0.29) is 52.3 Å². The fourth-order valence-corrected chi connectivity index (χ4v) is 9.99. The summed E-state index contributed by atoms with van der Waals surface area (Å²) < 4.78 is 37.3. The molecule has 8 unspecified atom stereocenters. The van der Waals surface area contributed by atoms with Crippen LogP contribution in [0.15, 0.2) is 0 Å². The summed E-state index contributed by atoms with van der Waals surface area (Å²) in [6.45, 7) is 27.2. The molecule has 2 heterocycles. The van der Waals surface area contributed by atoms with E-state index >= 15 is 0 Å². The molecule has 72 heavy (non-hydrogen) atoms. The first-order valence-electron chi connectivity index (χ1n) is 27.5. The number of rotatable bonds is 17. The van der Waals surface area contributed by atoms with Crippen molar-refractivity contribution >= 4 is 41.8 Å². The molecule has 2 saturated heterocycles. The minimum atomic E-state index is -1.06. The van der Waals surface area contributed by atoms with Crippen LogP contribution >= 0.6 is 0 Å². The molecule has 0 aromatic rings. The molecule has 2 bridgehead atoms. The second kappa shape index (κ2) is 26.8. The van der Waals surface area contributed by atoms with Crippen LogP contribution < -0.4 is 0 Å². The summed E-state index contributed by atoms with van der Waals surface area (Å²) >= 11 is 0. The van der Waals surface area contributed by atoms with Crippen molar-refractivity contribution in [3.8, 4) is 6.07 Å². The Morgan fingerprint density at radius 1 is 0.736 bits per heavy atom. The lowest BCUT2D eigenvalue weighted by Crippen LogP contribution is -2.41. The molecule has 6 rings (SSSR count). The van der Waals surface area contributed by atoms with Crippen molar-refractivity contribution in [2.24, 2.45) is 45.3 Å². The summed E-state index contributed by atoms with van der Waals surface area (Å²) in [5, 5.41) is 9.33. The zero-order valence-corrected chi connectivity index (χ0v) is 46.8. The first-order valence-corrected chi connectivity index (χ1v) is 27.5. The maximum absolute atomic E-state index is 12.2. The molecule has 0 N–H and O–H groups in total. The molecule has 410 valence electrons. The number of hydrogen-bond acceptors (Lipinski definition) is 15. The van der Waals surface area contributed by atoms with Gasteiger partial charge in [0.05, 0.1) is 34.8 Å². The summed E-state index contributed by atoms with van der Waals surface area (Å²) in [6, 6.07) is 2.10. The third-order valence-corrected chi connectivity index (χ3v) is 17.3. The molecule has 0 radical (unpaired) electrons. The molecular weight excluding hydrogens is 923 g/mol. The SMILES string of the molecule is CCC(C)(C)C(=O)OC(C)(CC)C1CCCC1.CCC(C)(C)C(=O)OC1CCOC1=O.CCC(C)(C)C(=O)OCC(=O)OC1C2CC3C1OC(=O)C3(C#N)C2.CCC(C)C(=O)OC1(CC)CCCCCCC1. The molecule has 15 nitrogen and oxygen atoms in total. The van der Waals surface area contributed by atoms with E-state index < -0.39 is 65.0 Å². The summed E-state index contributed by atoms with van der Waals surface area (Å²) in [7, 11) is 0. The summed E-state index contributed by atoms with van der Waals surface area (Å²) in [6.07, 6.45) is 18.1. The van der Waals surface area contributed by atoms with Crippen LogP contribution in [0, 0.1) is 56.7 Å². The lowest BCUT2D eigenvalue weighted by molar-refractivity contribution is -0.175. The highest BCUT2D eigenvalue weighted by Gasteiger charge is 2.72. The van der Waals surface area contributed by atoms with Crippen LogP contribution in [0.4, 0.5) is 0 Å². The lowest BCUT2D eigenvalue weighted by Gasteiger charge is -2.37. The van der Waals surface area contributed by atoms with Crippen LogP contribution in [-0.2, 0) is 66.7 Å². The highest BCUT2D eigenvalue weighted by Crippen LogP contribution is 2.62. The minimum Gasteiger partial charge on any atom is -0.463 e. The van der Waals surface area contributed by atoms with Crippen LogP contribution in [0.5, 0.6) is 0 Å². The maximum Gasteiger partial charge on any atom is 0.347 e. The van der Waals surface area contributed by atoms with Crippen LogP contribution in [-0.4, -0.2) is 84.5 Å². The maximum atomic E-state index is 12.2. The highest BCUT2D eigenvalue weighted by molar-refractivity contribution is 5.85. The van der Waals surface area contributed by atoms with Crippen molar-refractivity contribution in [3.63, 3.8) is 0 Å². The molecule has 8 atom stereocenters. The molecule has 0 amide bonds. The van der Waals surface area contributed by atoms with E-state index in [4.69, 9.17) is 33.2 Å². The van der Waals surface area contributed by atoms with Gasteiger partial charge in [0.25, 0.3) is 0 Å². The third-order valence-electron chi connectivity index (χ3n) is 17.3. The summed E-state index contributed by atoms with van der Waals surface area (Å²) in [4.78, 5) is 82.6. The van der Waals surface area contributed by atoms with Crippen LogP contribution in [0.1, 0.15) is 225 Å². The first kappa shape index (κ1) is 62.1. The topological polar surface area (TPSA) is 208 Å². The quantitative estimate of drug-likeness (QED) is 0.0980. The van der Waals surface area contributed by atoms with Gasteiger partial charge in [-0.05, 0) is 144 Å². The van der Waals surface area contributed by atoms with Gasteiger partial charge in [-0.2, -0.15) is 5.26 Å². The van der Waals surface area contributed by atoms with Crippen molar-refractivity contribution in [1.29, 1.82) is 5.26 Å². The van der Waals surface area contributed by atoms with Gasteiger partial charge >= 0.3 is 41.8 Å². The van der Waals surface area contributed by atoms with E-state index in [9.17, 15) is 38.8 Å². The number of esters is 7. The lowest BCUT2D eigenvalue weighted by atomic mass is 9.75. The van der Waals surface area contributed by atoms with Crippen LogP contribution in [0.3, 0.4) is 0 Å². The Bertz CT molecular complexity index is 1880. The van der Waals surface area contributed by atoms with Crippen molar-refractivity contribution < 1.29 is 66.7 Å². The molecule has 6 fully saturated rings. The number of hydrogen-bond donors (Lipinski definition) is 0. The molecule has 15 heteroatoms. The predicted molar refractivity (Wildman–Crippen MR) is 270 cm³/mol. The second-order valence-corrected chi connectivity index (χ2v) is 23.4. The fourth-order valence-electron chi connectivity index (χ4n) is 9.99. The van der Waals surface area contributed by atoms with E-state index in [1.807, 2.05) is 48.5 Å². The zero-order valence-electron chi connectivity index (χ0n) is 46.8. The van der Waals surface area contributed by atoms with Crippen molar-refractivity contribution in [2.45, 2.75) is 255 Å². The highest BCUT2D eigenvalue weighted by atomic mass is 16.6. The van der Waals surface area contributed by atoms with E-state index in [0.717, 1.165) is 38.5 Å². The van der Waals surface area contributed by atoms with E-state index in [0.29, 0.717) is 44.6 Å². The number of nitrogens with zero attached hydrogens (tertiary/aromatic N) is 1. The van der Waals surface area contributed by atoms with E-state index in [1.165, 1.54) is 57.8 Å². The van der Waals surface area contributed by atoms with Gasteiger partial charge in [0.2, 0.25) is 6.10 Å². The smallest absolute Gasteiger partial charge is 0.347 e. The number of nitriles is 1. The van der Waals surface area contributed by atoms with Gasteiger partial charge in [0, 0.05) is 18.3 Å². The molecule has 4 saturated carbocycles. The van der Waals surface area contributed by atoms with Crippen molar-refractivity contribution in [2.75, 3.05) is 13.2 Å². The molecule has 0 spiro atoms. The number of carbonyl (C=O) groups excluding carboxylic acids is 7. The summed E-state index contributed by atoms with van der Waals surface area (Å²) in [5.41, 5.74) is -2.99. The molecule has 0 aromatic carbocycles. The monoisotopic (exact) mass is 1020 g/mol. The Hall–Kier alpha value is -4.22. The van der Waals surface area contributed by atoms with Gasteiger partial charge in [-0.25, -0.2) is 9.59 Å². The van der Waals surface area contributed by atoms with Gasteiger partial charge in [0.1, 0.15) is 23.4 Å². The fraction of sp³-hybridized carbons (Fsp3) is 0.860. The number of cyclic esters (lactones) is 1. The molecular formula is C57H93NO14. The average molecular weight is 1020 g/mol. The van der Waals surface area contributed by atoms with Gasteiger partial charge in [-0.3, -0.25) is 24.0 Å². The van der Waals surface area contributed by atoms with Crippen molar-refractivity contribution in [3.05, 3.63) is 0 Å². The minimum absolute atomic E-state index is 0.00919. The Morgan fingerprint density at radius 3 is 1.79 bits per heavy atom. The largest absolute Gasteiger partial charge is 0.463 e. The van der Waals surface area contributed by atoms with Crippen molar-refractivity contribution in [1.82, 2.24) is 0 Å². The van der Waals surface area contributed by atoms with Crippen LogP contribution in [0.2, 0.25) is 0 Å². The van der Waals surface area contributed by atoms with E-state index in [1.54, 1.807) is 27.7 Å². The standard InChI is InChI=1S/C17H21NO6.2C15H28O2.C10H16O4/c1-4-16(2,3)14(20)22-7-11(19)23-12-9-5-10-13(12)24-15(21)17(10,6-9)8-18;1-6-14(3,4)13(16)17-15(5,7-2)12-10-8-9-11-12;1-4-13(3)14(16)17-15(5-2)11-9-7-6-8-10-12-15;1-4-10(2,3)9(12)14-7-5-6-13-8(7)11/h9-10,12-13H,4-7H2,1-3H3;12H,6-11H2,1-5H3;13H,4-12H2,1-3H3;7H,4-6H2,1-3H3. The number of ether oxygens (including phenoxy) is 7. The molecule has 0 aromatic heterocycles. The Balaban J connectivity index is 0.000000259. The normalized spacial score (nSPS) is 26.6. The van der Waals surface area contributed by atoms with Gasteiger partial charge < -0.3 is 33.2 Å². The predicted octanol–water partition coefficient (Wildman–Crippen LogP) is 11.4. The average Bonchev–Trinajstić information content (AvgIpc) is 4.20. The Labute approximate surface area is 431 Å². The number of fused-ring (bicyclic) bond motifs is 1. The molecule has 2 aliphatic heterocycles. The van der Waals surface area contributed by atoms with Crippen LogP contribution in [0.25, 0.3) is 0 Å². The Morgan fingerprint density at radius 2 is 1.29 bits per heavy atom. The number of carbonyl (C=O) groups is 7. The molecule has 6 aliphatic rings. The molecule has 4 aliphatic carbocycles. The van der Waals surface area contributed by atoms with E-state index in [2.05, 4.69) is 26.8 Å². The zero-order chi connectivity index (χ0) is 54.3. The third kappa shape index (κ3) is 15.7. The van der Waals surface area contributed by atoms with Gasteiger partial charge in [-0.1, -0.05) is 80.6 Å². The first-order chi connectivity index (χ1) is 33.7. The van der Waals surface area contributed by atoms with Gasteiger partial charge in [0.15, 0.2) is 12.0 Å². The van der Waals surface area contributed by atoms with Gasteiger partial charge in [-0.15, -0.1) is 0 Å². The summed E-state index contributed by atoms with van der Waals surface area (Å²) in [5.74, 6) is -2.05. The Kier molecular flexibility index (Phi) is 23.1.